The Kier molecular flexibility index (Phi) is 11.5. The van der Waals surface area contributed by atoms with Crippen LogP contribution in [0.25, 0.3) is 11.1 Å². The Labute approximate surface area is 305 Å². The molecule has 0 aliphatic carbocycles. The molecule has 0 bridgehead atoms. The van der Waals surface area contributed by atoms with E-state index in [0.717, 1.165) is 47.5 Å². The summed E-state index contributed by atoms with van der Waals surface area (Å²) in [5.41, 5.74) is 3.22. The van der Waals surface area contributed by atoms with E-state index in [1.807, 2.05) is 54.6 Å². The van der Waals surface area contributed by atoms with Gasteiger partial charge in [-0.2, -0.15) is 0 Å². The highest BCUT2D eigenvalue weighted by Gasteiger charge is 2.36. The average Bonchev–Trinajstić information content (AvgIpc) is 3.88. The maximum Gasteiger partial charge on any atom is 0.257 e. The van der Waals surface area contributed by atoms with Crippen molar-refractivity contribution in [2.75, 3.05) is 32.7 Å². The average molecular weight is 736 g/mol. The summed E-state index contributed by atoms with van der Waals surface area (Å²) in [6.45, 7) is 4.97. The zero-order chi connectivity index (χ0) is 37.1. The number of rotatable bonds is 11. The number of amides is 1. The van der Waals surface area contributed by atoms with Crippen molar-refractivity contribution in [3.63, 3.8) is 0 Å². The maximum absolute atomic E-state index is 14.2. The van der Waals surface area contributed by atoms with Crippen LogP contribution in [0, 0.1) is 29.1 Å². The van der Waals surface area contributed by atoms with Gasteiger partial charge in [-0.05, 0) is 85.3 Å². The van der Waals surface area contributed by atoms with Gasteiger partial charge in [0.1, 0.15) is 5.56 Å². The topological polar surface area (TPSA) is 74.3 Å². The third-order valence-electron chi connectivity index (χ3n) is 10.5. The monoisotopic (exact) mass is 735 g/mol. The predicted molar refractivity (Wildman–Crippen MR) is 188 cm³/mol. The molecule has 53 heavy (non-hydrogen) atoms. The van der Waals surface area contributed by atoms with E-state index in [2.05, 4.69) is 15.1 Å². The van der Waals surface area contributed by atoms with E-state index >= 15 is 0 Å². The molecule has 2 N–H and O–H groups in total. The fraction of sp³-hybridized carbons (Fsp3) is 0.390. The van der Waals surface area contributed by atoms with E-state index in [-0.39, 0.29) is 25.4 Å². The number of carbonyl (C=O) groups excluding carboxylic acids is 1. The number of carbonyl (C=O) groups is 1. The Morgan fingerprint density at radius 1 is 0.736 bits per heavy atom. The second kappa shape index (κ2) is 16.4. The number of aliphatic hydroxyl groups excluding tert-OH is 1. The van der Waals surface area contributed by atoms with Crippen molar-refractivity contribution < 1.29 is 41.3 Å². The van der Waals surface area contributed by atoms with E-state index < -0.39 is 46.8 Å². The molecule has 7 rings (SSSR count). The first-order valence-corrected chi connectivity index (χ1v) is 18.1. The van der Waals surface area contributed by atoms with E-state index in [9.17, 15) is 31.9 Å². The highest BCUT2D eigenvalue weighted by Crippen LogP contribution is 2.40. The molecule has 7 nitrogen and oxygen atoms in total. The first-order valence-electron chi connectivity index (χ1n) is 18.1. The van der Waals surface area contributed by atoms with Gasteiger partial charge in [0.2, 0.25) is 5.82 Å². The van der Waals surface area contributed by atoms with Crippen molar-refractivity contribution in [3.8, 4) is 11.1 Å². The lowest BCUT2D eigenvalue weighted by Gasteiger charge is -2.39. The maximum atomic E-state index is 14.2. The number of hydrogen-bond acceptors (Lipinski definition) is 6. The first kappa shape index (κ1) is 37.1. The fourth-order valence-electron chi connectivity index (χ4n) is 7.70. The first-order chi connectivity index (χ1) is 25.7. The van der Waals surface area contributed by atoms with Gasteiger partial charge < -0.3 is 24.8 Å². The summed E-state index contributed by atoms with van der Waals surface area (Å²) in [7, 11) is 0. The zero-order valence-electron chi connectivity index (χ0n) is 29.2. The summed E-state index contributed by atoms with van der Waals surface area (Å²) >= 11 is 0. The smallest absolute Gasteiger partial charge is 0.257 e. The summed E-state index contributed by atoms with van der Waals surface area (Å²) in [5.74, 6) is -12.5. The van der Waals surface area contributed by atoms with Gasteiger partial charge in [0.05, 0.1) is 18.8 Å². The molecule has 4 aromatic rings. The predicted octanol–water partition coefficient (Wildman–Crippen LogP) is 7.58. The minimum absolute atomic E-state index is 0.0424. The molecule has 4 unspecified atom stereocenters. The van der Waals surface area contributed by atoms with Crippen LogP contribution in [-0.2, 0) is 22.6 Å². The van der Waals surface area contributed by atoms with Crippen molar-refractivity contribution >= 4 is 5.91 Å². The lowest BCUT2D eigenvalue weighted by atomic mass is 9.98. The number of ether oxygens (including phenoxy) is 2. The molecule has 3 fully saturated rings. The van der Waals surface area contributed by atoms with Crippen LogP contribution >= 0.6 is 0 Å². The van der Waals surface area contributed by atoms with Crippen LogP contribution in [0.5, 0.6) is 0 Å². The van der Waals surface area contributed by atoms with Gasteiger partial charge in [-0.3, -0.25) is 9.69 Å². The second-order valence-electron chi connectivity index (χ2n) is 14.1. The molecule has 280 valence electrons. The summed E-state index contributed by atoms with van der Waals surface area (Å²) in [4.78, 5) is 17.7. The summed E-state index contributed by atoms with van der Waals surface area (Å²) in [6.07, 6.45) is 4.55. The Bertz CT molecular complexity index is 1890. The molecular weight excluding hydrogens is 693 g/mol. The number of halogens is 5. The second-order valence-corrected chi connectivity index (χ2v) is 14.1. The van der Waals surface area contributed by atoms with Crippen LogP contribution in [0.2, 0.25) is 0 Å². The highest BCUT2D eigenvalue weighted by atomic mass is 19.2. The third-order valence-corrected chi connectivity index (χ3v) is 10.5. The molecule has 3 saturated heterocycles. The van der Waals surface area contributed by atoms with E-state index in [1.165, 1.54) is 38.8 Å². The molecule has 3 heterocycles. The molecule has 3 aliphatic rings. The van der Waals surface area contributed by atoms with Crippen molar-refractivity contribution in [3.05, 3.63) is 130 Å². The van der Waals surface area contributed by atoms with Gasteiger partial charge in [-0.1, -0.05) is 60.7 Å². The molecule has 0 saturated carbocycles. The Balaban J connectivity index is 1.08. The number of benzene rings is 4. The summed E-state index contributed by atoms with van der Waals surface area (Å²) < 4.78 is 82.6. The van der Waals surface area contributed by atoms with Crippen LogP contribution in [0.4, 0.5) is 22.0 Å². The fourth-order valence-corrected chi connectivity index (χ4v) is 7.70. The van der Waals surface area contributed by atoms with Gasteiger partial charge in [-0.15, -0.1) is 0 Å². The molecule has 4 aromatic carbocycles. The van der Waals surface area contributed by atoms with Gasteiger partial charge in [0, 0.05) is 37.7 Å². The van der Waals surface area contributed by atoms with Gasteiger partial charge in [0.15, 0.2) is 29.6 Å². The normalized spacial score (nSPS) is 22.4. The zero-order valence-corrected chi connectivity index (χ0v) is 29.2. The lowest BCUT2D eigenvalue weighted by Crippen LogP contribution is -2.45. The number of hydrogen-bond donors (Lipinski definition) is 2. The minimum Gasteiger partial charge on any atom is -0.392 e. The Hall–Kier alpha value is -4.20. The van der Waals surface area contributed by atoms with Gasteiger partial charge in [-0.25, -0.2) is 22.0 Å². The molecule has 0 radical (unpaired) electrons. The number of aliphatic hydroxyl groups is 1. The minimum atomic E-state index is -2.33. The molecule has 1 amide bonds. The molecule has 0 aromatic heterocycles. The Morgan fingerprint density at radius 2 is 1.42 bits per heavy atom. The lowest BCUT2D eigenvalue weighted by molar-refractivity contribution is -0.253. The van der Waals surface area contributed by atoms with Gasteiger partial charge >= 0.3 is 0 Å². The van der Waals surface area contributed by atoms with E-state index in [0.29, 0.717) is 18.0 Å². The van der Waals surface area contributed by atoms with Crippen LogP contribution in [0.1, 0.15) is 77.1 Å². The summed E-state index contributed by atoms with van der Waals surface area (Å²) in [5, 5.41) is 11.9. The van der Waals surface area contributed by atoms with Crippen molar-refractivity contribution in [2.24, 2.45) is 0 Å². The van der Waals surface area contributed by atoms with Crippen LogP contribution in [0.15, 0.2) is 72.8 Å². The van der Waals surface area contributed by atoms with Crippen molar-refractivity contribution in [2.45, 2.75) is 69.8 Å². The highest BCUT2D eigenvalue weighted by molar-refractivity contribution is 5.94. The Morgan fingerprint density at radius 3 is 2.13 bits per heavy atom. The van der Waals surface area contributed by atoms with Crippen molar-refractivity contribution in [1.29, 1.82) is 0 Å². The van der Waals surface area contributed by atoms with Crippen LogP contribution in [0.3, 0.4) is 0 Å². The van der Waals surface area contributed by atoms with E-state index in [4.69, 9.17) is 9.47 Å². The molecule has 4 atom stereocenters. The quantitative estimate of drug-likeness (QED) is 0.0941. The number of nitrogens with one attached hydrogen (secondary N) is 1. The summed E-state index contributed by atoms with van der Waals surface area (Å²) in [6, 6.07) is 23.1. The molecule has 12 heteroatoms. The SMILES string of the molecule is O=C(NCc1cccc(-c2cccc(C3OC(CN4CCCC4CN4CCCC4)CC(c4ccc(CO)cc4)O3)c2)c1)c1c(F)c(F)c(F)c(F)c1F. The molecule has 3 aliphatic heterocycles. The van der Waals surface area contributed by atoms with E-state index in [1.54, 1.807) is 18.2 Å². The standard InChI is InChI=1S/C41H42F5N3O4/c42-35-34(36(43)38(45)39(46)37(35)44)40(51)47-21-26-6-3-7-28(18-26)29-8-4-9-30(19-29)41-52-32(20-33(53-41)27-13-11-25(24-50)12-14-27)23-49-17-5-10-31(49)22-48-15-1-2-16-48/h3-4,6-9,11-14,18-19,31-33,41,50H,1-2,5,10,15-17,20-24H2,(H,47,51). The molecular formula is C41H42F5N3O4. The van der Waals surface area contributed by atoms with Crippen LogP contribution < -0.4 is 5.32 Å². The third kappa shape index (κ3) is 8.32. The molecule has 0 spiro atoms. The number of likely N-dealkylation sites (tertiary alicyclic amines) is 2. The largest absolute Gasteiger partial charge is 0.392 e. The van der Waals surface area contributed by atoms with Crippen molar-refractivity contribution in [1.82, 2.24) is 15.1 Å². The van der Waals surface area contributed by atoms with Crippen LogP contribution in [-0.4, -0.2) is 65.7 Å². The van der Waals surface area contributed by atoms with Gasteiger partial charge in [0.25, 0.3) is 5.91 Å². The number of nitrogens with zero attached hydrogens (tertiary/aromatic N) is 2.